The van der Waals surface area contributed by atoms with Gasteiger partial charge in [0, 0.05) is 6.42 Å². The molecule has 0 aromatic heterocycles. The Morgan fingerprint density at radius 2 is 2.25 bits per heavy atom. The number of Topliss-reactive ketones (excluding diaryl/α,β-unsaturated/α-hetero) is 1. The Labute approximate surface area is 69.5 Å². The standard InChI is InChI=1S/C7H10N2O3/c1-2-5(10)4-3-6(11)9-7(12)8-4/h4H,2-3H2,1H3,(H2,8,9,11,12)/t4-/m0/s1. The molecule has 0 spiro atoms. The van der Waals surface area contributed by atoms with E-state index in [2.05, 4.69) is 5.32 Å². The highest BCUT2D eigenvalue weighted by Crippen LogP contribution is 2.01. The fraction of sp³-hybridized carbons (Fsp3) is 0.571. The lowest BCUT2D eigenvalue weighted by Gasteiger charge is -2.21. The van der Waals surface area contributed by atoms with Crippen LogP contribution in [0.5, 0.6) is 0 Å². The molecule has 1 fully saturated rings. The third kappa shape index (κ3) is 1.81. The average Bonchev–Trinajstić information content (AvgIpc) is 2.01. The minimum Gasteiger partial charge on any atom is -0.327 e. The maximum Gasteiger partial charge on any atom is 0.322 e. The topological polar surface area (TPSA) is 75.3 Å². The van der Waals surface area contributed by atoms with Gasteiger partial charge in [-0.25, -0.2) is 4.79 Å². The minimum atomic E-state index is -0.628. The number of carbonyl (C=O) groups excluding carboxylic acids is 3. The fourth-order valence-corrected chi connectivity index (χ4v) is 1.05. The monoisotopic (exact) mass is 170 g/mol. The average molecular weight is 170 g/mol. The van der Waals surface area contributed by atoms with E-state index < -0.39 is 18.0 Å². The highest BCUT2D eigenvalue weighted by atomic mass is 16.2. The molecule has 5 heteroatoms. The van der Waals surface area contributed by atoms with Crippen LogP contribution in [-0.2, 0) is 9.59 Å². The summed E-state index contributed by atoms with van der Waals surface area (Å²) in [5.74, 6) is -0.510. The third-order valence-corrected chi connectivity index (χ3v) is 1.68. The summed E-state index contributed by atoms with van der Waals surface area (Å²) in [5, 5.41) is 4.42. The van der Waals surface area contributed by atoms with Gasteiger partial charge in [-0.3, -0.25) is 14.9 Å². The zero-order chi connectivity index (χ0) is 9.14. The lowest BCUT2D eigenvalue weighted by molar-refractivity contribution is -0.127. The first kappa shape index (κ1) is 8.70. The summed E-state index contributed by atoms with van der Waals surface area (Å²) in [6.07, 6.45) is 0.386. The molecule has 1 aliphatic heterocycles. The van der Waals surface area contributed by atoms with E-state index in [1.165, 1.54) is 0 Å². The van der Waals surface area contributed by atoms with Crippen molar-refractivity contribution in [2.24, 2.45) is 0 Å². The normalized spacial score (nSPS) is 22.9. The van der Waals surface area contributed by atoms with Crippen molar-refractivity contribution < 1.29 is 14.4 Å². The number of nitrogens with one attached hydrogen (secondary N) is 2. The van der Waals surface area contributed by atoms with Crippen LogP contribution in [-0.4, -0.2) is 23.8 Å². The van der Waals surface area contributed by atoms with Crippen molar-refractivity contribution in [3.8, 4) is 0 Å². The molecule has 0 aromatic rings. The molecule has 0 aliphatic carbocycles. The van der Waals surface area contributed by atoms with Crippen LogP contribution < -0.4 is 10.6 Å². The highest BCUT2D eigenvalue weighted by molar-refractivity contribution is 6.02. The van der Waals surface area contributed by atoms with Crippen LogP contribution in [0.2, 0.25) is 0 Å². The first-order valence-corrected chi connectivity index (χ1v) is 3.76. The first-order chi connectivity index (χ1) is 5.63. The highest BCUT2D eigenvalue weighted by Gasteiger charge is 2.27. The van der Waals surface area contributed by atoms with E-state index in [0.29, 0.717) is 6.42 Å². The number of amides is 3. The van der Waals surface area contributed by atoms with Gasteiger partial charge in [0.2, 0.25) is 5.91 Å². The number of ketones is 1. The van der Waals surface area contributed by atoms with Crippen LogP contribution in [0.15, 0.2) is 0 Å². The van der Waals surface area contributed by atoms with Gasteiger partial charge in [-0.15, -0.1) is 0 Å². The van der Waals surface area contributed by atoms with Crippen molar-refractivity contribution in [2.45, 2.75) is 25.8 Å². The molecule has 0 radical (unpaired) electrons. The molecular weight excluding hydrogens is 160 g/mol. The van der Waals surface area contributed by atoms with Gasteiger partial charge in [0.15, 0.2) is 5.78 Å². The summed E-state index contributed by atoms with van der Waals surface area (Å²) in [6, 6.07) is -1.21. The molecule has 1 heterocycles. The molecule has 66 valence electrons. The van der Waals surface area contributed by atoms with Gasteiger partial charge in [0.05, 0.1) is 12.5 Å². The molecule has 0 unspecified atom stereocenters. The van der Waals surface area contributed by atoms with E-state index in [9.17, 15) is 14.4 Å². The number of rotatable bonds is 2. The number of hydrogen-bond acceptors (Lipinski definition) is 3. The molecule has 0 bridgehead atoms. The molecule has 1 atom stereocenters. The minimum absolute atomic E-state index is 0.0540. The number of carbonyl (C=O) groups is 3. The lowest BCUT2D eigenvalue weighted by atomic mass is 10.1. The summed E-state index contributed by atoms with van der Waals surface area (Å²) >= 11 is 0. The van der Waals surface area contributed by atoms with Gasteiger partial charge in [-0.05, 0) is 0 Å². The molecular formula is C7H10N2O3. The van der Waals surface area contributed by atoms with E-state index in [1.54, 1.807) is 6.92 Å². The summed E-state index contributed by atoms with van der Waals surface area (Å²) in [4.78, 5) is 32.6. The molecule has 1 aliphatic rings. The zero-order valence-corrected chi connectivity index (χ0v) is 6.72. The largest absolute Gasteiger partial charge is 0.327 e. The Hall–Kier alpha value is -1.39. The maximum atomic E-state index is 11.1. The van der Waals surface area contributed by atoms with Gasteiger partial charge in [-0.1, -0.05) is 6.92 Å². The van der Waals surface area contributed by atoms with Crippen molar-refractivity contribution in [2.75, 3.05) is 0 Å². The van der Waals surface area contributed by atoms with Gasteiger partial charge >= 0.3 is 6.03 Å². The molecule has 5 nitrogen and oxygen atoms in total. The van der Waals surface area contributed by atoms with Gasteiger partial charge in [-0.2, -0.15) is 0 Å². The van der Waals surface area contributed by atoms with E-state index >= 15 is 0 Å². The van der Waals surface area contributed by atoms with E-state index in [4.69, 9.17) is 0 Å². The summed E-state index contributed by atoms with van der Waals surface area (Å²) < 4.78 is 0. The third-order valence-electron chi connectivity index (χ3n) is 1.68. The quantitative estimate of drug-likeness (QED) is 0.590. The van der Waals surface area contributed by atoms with Crippen molar-refractivity contribution in [3.05, 3.63) is 0 Å². The van der Waals surface area contributed by atoms with E-state index in [0.717, 1.165) is 0 Å². The van der Waals surface area contributed by atoms with Crippen LogP contribution in [0.25, 0.3) is 0 Å². The van der Waals surface area contributed by atoms with Crippen LogP contribution in [0.1, 0.15) is 19.8 Å². The van der Waals surface area contributed by atoms with Gasteiger partial charge in [0.1, 0.15) is 0 Å². The maximum absolute atomic E-state index is 11.1. The molecule has 1 rings (SSSR count). The number of urea groups is 1. The summed E-state index contributed by atoms with van der Waals surface area (Å²) in [6.45, 7) is 1.70. The molecule has 3 amide bonds. The van der Waals surface area contributed by atoms with E-state index in [-0.39, 0.29) is 12.2 Å². The molecule has 1 saturated heterocycles. The Morgan fingerprint density at radius 3 is 2.75 bits per heavy atom. The van der Waals surface area contributed by atoms with Crippen molar-refractivity contribution in [3.63, 3.8) is 0 Å². The predicted molar refractivity (Wildman–Crippen MR) is 40.4 cm³/mol. The van der Waals surface area contributed by atoms with Gasteiger partial charge < -0.3 is 5.32 Å². The second kappa shape index (κ2) is 3.34. The Morgan fingerprint density at radius 1 is 1.58 bits per heavy atom. The fourth-order valence-electron chi connectivity index (χ4n) is 1.05. The van der Waals surface area contributed by atoms with Crippen LogP contribution in [0.4, 0.5) is 4.79 Å². The van der Waals surface area contributed by atoms with E-state index in [1.807, 2.05) is 5.32 Å². The predicted octanol–water partition coefficient (Wildman–Crippen LogP) is -0.436. The second-order valence-corrected chi connectivity index (χ2v) is 2.60. The van der Waals surface area contributed by atoms with Crippen molar-refractivity contribution >= 4 is 17.7 Å². The van der Waals surface area contributed by atoms with Gasteiger partial charge in [0.25, 0.3) is 0 Å². The smallest absolute Gasteiger partial charge is 0.322 e. The van der Waals surface area contributed by atoms with Crippen molar-refractivity contribution in [1.82, 2.24) is 10.6 Å². The Kier molecular flexibility index (Phi) is 2.42. The van der Waals surface area contributed by atoms with Crippen LogP contribution in [0, 0.1) is 0 Å². The second-order valence-electron chi connectivity index (χ2n) is 2.60. The first-order valence-electron chi connectivity index (χ1n) is 3.76. The molecule has 2 N–H and O–H groups in total. The van der Waals surface area contributed by atoms with Crippen LogP contribution >= 0.6 is 0 Å². The zero-order valence-electron chi connectivity index (χ0n) is 6.72. The Balaban J connectivity index is 2.61. The lowest BCUT2D eigenvalue weighted by Crippen LogP contribution is -2.54. The SMILES string of the molecule is CCC(=O)[C@@H]1CC(=O)NC(=O)N1. The molecule has 0 aromatic carbocycles. The Bertz CT molecular complexity index is 221. The molecule has 12 heavy (non-hydrogen) atoms. The number of hydrogen-bond donors (Lipinski definition) is 2. The summed E-state index contributed by atoms with van der Waals surface area (Å²) in [7, 11) is 0. The van der Waals surface area contributed by atoms with Crippen LogP contribution in [0.3, 0.4) is 0 Å². The summed E-state index contributed by atoms with van der Waals surface area (Å²) in [5.41, 5.74) is 0. The molecule has 0 saturated carbocycles. The number of imide groups is 1. The van der Waals surface area contributed by atoms with Crippen molar-refractivity contribution in [1.29, 1.82) is 0 Å².